The summed E-state index contributed by atoms with van der Waals surface area (Å²) in [6, 6.07) is 8.58. The van der Waals surface area contributed by atoms with Gasteiger partial charge in [-0.2, -0.15) is 0 Å². The van der Waals surface area contributed by atoms with Crippen LogP contribution in [0.5, 0.6) is 0 Å². The first-order valence-electron chi connectivity index (χ1n) is 5.61. The fourth-order valence-corrected chi connectivity index (χ4v) is 1.99. The molecule has 0 saturated heterocycles. The van der Waals surface area contributed by atoms with Crippen molar-refractivity contribution in [2.45, 2.75) is 12.0 Å². The first-order valence-corrected chi connectivity index (χ1v) is 5.61. The average molecular weight is 260 g/mol. The highest BCUT2D eigenvalue weighted by Crippen LogP contribution is 2.34. The molecule has 5 heteroatoms. The number of aliphatic carboxylic acids is 2. The molecular formula is C14H12O5. The zero-order valence-electron chi connectivity index (χ0n) is 9.91. The maximum atomic E-state index is 11.2. The van der Waals surface area contributed by atoms with E-state index in [0.717, 1.165) is 12.2 Å². The van der Waals surface area contributed by atoms with Gasteiger partial charge in [-0.25, -0.2) is 9.59 Å². The highest BCUT2D eigenvalue weighted by molar-refractivity contribution is 6.02. The SMILES string of the molecule is O=C(O)C1=C(c2ccccc2)CC(O)(C(=O)O)C=C1. The summed E-state index contributed by atoms with van der Waals surface area (Å²) >= 11 is 0. The predicted molar refractivity (Wildman–Crippen MR) is 67.3 cm³/mol. The van der Waals surface area contributed by atoms with Gasteiger partial charge in [-0.05, 0) is 23.3 Å². The minimum absolute atomic E-state index is 0.00266. The van der Waals surface area contributed by atoms with E-state index in [9.17, 15) is 14.7 Å². The lowest BCUT2D eigenvalue weighted by Gasteiger charge is -2.26. The first kappa shape index (κ1) is 13.0. The first-order chi connectivity index (χ1) is 8.94. The molecule has 0 aliphatic heterocycles. The van der Waals surface area contributed by atoms with E-state index in [1.807, 2.05) is 0 Å². The van der Waals surface area contributed by atoms with Crippen molar-refractivity contribution >= 4 is 17.5 Å². The van der Waals surface area contributed by atoms with Crippen molar-refractivity contribution in [1.29, 1.82) is 0 Å². The number of carbonyl (C=O) groups is 2. The maximum Gasteiger partial charge on any atom is 0.340 e. The average Bonchev–Trinajstić information content (AvgIpc) is 2.39. The Hall–Kier alpha value is -2.40. The molecule has 1 aliphatic rings. The van der Waals surface area contributed by atoms with Crippen molar-refractivity contribution in [2.24, 2.45) is 0 Å². The molecule has 0 amide bonds. The molecule has 0 bridgehead atoms. The van der Waals surface area contributed by atoms with Gasteiger partial charge in [0.05, 0.1) is 5.57 Å². The van der Waals surface area contributed by atoms with Gasteiger partial charge < -0.3 is 15.3 Å². The van der Waals surface area contributed by atoms with Gasteiger partial charge in [0.15, 0.2) is 5.60 Å². The number of hydrogen-bond acceptors (Lipinski definition) is 3. The molecule has 1 unspecified atom stereocenters. The Morgan fingerprint density at radius 1 is 1.11 bits per heavy atom. The van der Waals surface area contributed by atoms with E-state index in [1.165, 1.54) is 0 Å². The molecule has 1 atom stereocenters. The molecule has 0 radical (unpaired) electrons. The number of hydrogen-bond donors (Lipinski definition) is 3. The molecule has 3 N–H and O–H groups in total. The number of carboxylic acids is 2. The predicted octanol–water partition coefficient (Wildman–Crippen LogP) is 1.30. The van der Waals surface area contributed by atoms with Crippen molar-refractivity contribution < 1.29 is 24.9 Å². The number of rotatable bonds is 3. The standard InChI is InChI=1S/C14H12O5/c15-12(16)10-6-7-14(19,13(17)18)8-11(10)9-4-2-1-3-5-9/h1-7,19H,8H2,(H,15,16)(H,17,18). The topological polar surface area (TPSA) is 94.8 Å². The van der Waals surface area contributed by atoms with Crippen LogP contribution in [0.3, 0.4) is 0 Å². The third-order valence-electron chi connectivity index (χ3n) is 3.02. The Balaban J connectivity index is 2.54. The largest absolute Gasteiger partial charge is 0.479 e. The Morgan fingerprint density at radius 2 is 1.74 bits per heavy atom. The van der Waals surface area contributed by atoms with E-state index in [2.05, 4.69) is 0 Å². The van der Waals surface area contributed by atoms with E-state index in [4.69, 9.17) is 10.2 Å². The normalized spacial score (nSPS) is 22.4. The van der Waals surface area contributed by atoms with Gasteiger partial charge in [-0.3, -0.25) is 0 Å². The van der Waals surface area contributed by atoms with Crippen LogP contribution < -0.4 is 0 Å². The number of carboxylic acid groups (broad SMARTS) is 2. The summed E-state index contributed by atoms with van der Waals surface area (Å²) in [5, 5.41) is 28.1. The van der Waals surface area contributed by atoms with E-state index in [-0.39, 0.29) is 12.0 Å². The third kappa shape index (κ3) is 2.41. The fraction of sp³-hybridized carbons (Fsp3) is 0.143. The molecule has 5 nitrogen and oxygen atoms in total. The Morgan fingerprint density at radius 3 is 2.26 bits per heavy atom. The highest BCUT2D eigenvalue weighted by Gasteiger charge is 2.38. The minimum atomic E-state index is -2.07. The lowest BCUT2D eigenvalue weighted by atomic mass is 9.83. The molecule has 1 aromatic carbocycles. The van der Waals surface area contributed by atoms with Crippen LogP contribution in [0.15, 0.2) is 48.1 Å². The van der Waals surface area contributed by atoms with Gasteiger partial charge in [0.1, 0.15) is 0 Å². The zero-order chi connectivity index (χ0) is 14.0. The summed E-state index contributed by atoms with van der Waals surface area (Å²) in [6.07, 6.45) is 1.87. The van der Waals surface area contributed by atoms with E-state index in [1.54, 1.807) is 30.3 Å². The lowest BCUT2D eigenvalue weighted by molar-refractivity contribution is -0.153. The summed E-state index contributed by atoms with van der Waals surface area (Å²) in [5.74, 6) is -2.55. The van der Waals surface area contributed by atoms with Crippen molar-refractivity contribution in [3.63, 3.8) is 0 Å². The van der Waals surface area contributed by atoms with Gasteiger partial charge in [0.2, 0.25) is 0 Å². The second-order valence-corrected chi connectivity index (χ2v) is 4.30. The second kappa shape index (κ2) is 4.70. The monoisotopic (exact) mass is 260 g/mol. The molecular weight excluding hydrogens is 248 g/mol. The maximum absolute atomic E-state index is 11.2. The highest BCUT2D eigenvalue weighted by atomic mass is 16.4. The van der Waals surface area contributed by atoms with Crippen LogP contribution >= 0.6 is 0 Å². The molecule has 19 heavy (non-hydrogen) atoms. The van der Waals surface area contributed by atoms with Crippen LogP contribution in [-0.2, 0) is 9.59 Å². The van der Waals surface area contributed by atoms with Crippen molar-refractivity contribution in [3.05, 3.63) is 53.6 Å². The summed E-state index contributed by atoms with van der Waals surface area (Å²) in [7, 11) is 0. The number of aliphatic hydroxyl groups is 1. The van der Waals surface area contributed by atoms with Crippen molar-refractivity contribution in [2.75, 3.05) is 0 Å². The molecule has 2 rings (SSSR count). The molecule has 0 fully saturated rings. The van der Waals surface area contributed by atoms with Crippen LogP contribution in [0, 0.1) is 0 Å². The van der Waals surface area contributed by atoms with Gasteiger partial charge >= 0.3 is 11.9 Å². The summed E-state index contributed by atoms with van der Waals surface area (Å²) in [6.45, 7) is 0. The summed E-state index contributed by atoms with van der Waals surface area (Å²) in [5.41, 5.74) is -1.18. The zero-order valence-corrected chi connectivity index (χ0v) is 9.91. The van der Waals surface area contributed by atoms with Crippen LogP contribution in [0.1, 0.15) is 12.0 Å². The van der Waals surface area contributed by atoms with Crippen molar-refractivity contribution in [1.82, 2.24) is 0 Å². The summed E-state index contributed by atoms with van der Waals surface area (Å²) < 4.78 is 0. The number of benzene rings is 1. The molecule has 0 aromatic heterocycles. The molecule has 0 saturated carbocycles. The minimum Gasteiger partial charge on any atom is -0.479 e. The molecule has 98 valence electrons. The third-order valence-corrected chi connectivity index (χ3v) is 3.02. The van der Waals surface area contributed by atoms with Crippen LogP contribution in [0.2, 0.25) is 0 Å². The molecule has 0 heterocycles. The molecule has 1 aromatic rings. The Bertz CT molecular complexity index is 585. The van der Waals surface area contributed by atoms with Crippen LogP contribution in [-0.4, -0.2) is 32.9 Å². The van der Waals surface area contributed by atoms with Gasteiger partial charge in [0.25, 0.3) is 0 Å². The molecule has 0 spiro atoms. The van der Waals surface area contributed by atoms with Gasteiger partial charge in [0, 0.05) is 6.42 Å². The van der Waals surface area contributed by atoms with E-state index < -0.39 is 17.5 Å². The van der Waals surface area contributed by atoms with Gasteiger partial charge in [-0.15, -0.1) is 0 Å². The Labute approximate surface area is 109 Å². The second-order valence-electron chi connectivity index (χ2n) is 4.30. The molecule has 1 aliphatic carbocycles. The van der Waals surface area contributed by atoms with Crippen molar-refractivity contribution in [3.8, 4) is 0 Å². The van der Waals surface area contributed by atoms with E-state index in [0.29, 0.717) is 11.1 Å². The fourth-order valence-electron chi connectivity index (χ4n) is 1.99. The Kier molecular flexibility index (Phi) is 3.23. The van der Waals surface area contributed by atoms with Crippen LogP contribution in [0.4, 0.5) is 0 Å². The smallest absolute Gasteiger partial charge is 0.340 e. The van der Waals surface area contributed by atoms with Gasteiger partial charge in [-0.1, -0.05) is 30.3 Å². The summed E-state index contributed by atoms with van der Waals surface area (Å²) in [4.78, 5) is 22.2. The van der Waals surface area contributed by atoms with Crippen LogP contribution in [0.25, 0.3) is 5.57 Å². The lowest BCUT2D eigenvalue weighted by Crippen LogP contribution is -2.38. The van der Waals surface area contributed by atoms with E-state index >= 15 is 0 Å². The quantitative estimate of drug-likeness (QED) is 0.761.